The normalized spacial score (nSPS) is 32.9. The molecule has 0 saturated heterocycles. The molecule has 4 N–H and O–H groups in total. The summed E-state index contributed by atoms with van der Waals surface area (Å²) < 4.78 is 1.04. The maximum atomic E-state index is 5.90. The maximum absolute atomic E-state index is 5.90. The summed E-state index contributed by atoms with van der Waals surface area (Å²) in [5.74, 6) is 0.639. The van der Waals surface area contributed by atoms with Crippen LogP contribution < -0.4 is 11.5 Å². The van der Waals surface area contributed by atoms with E-state index in [0.29, 0.717) is 17.3 Å². The fourth-order valence-corrected chi connectivity index (χ4v) is 2.40. The van der Waals surface area contributed by atoms with Gasteiger partial charge >= 0.3 is 0 Å². The summed E-state index contributed by atoms with van der Waals surface area (Å²) >= 11 is 2.24. The Balaban J connectivity index is 0.00000106. The third-order valence-electron chi connectivity index (χ3n) is 2.35. The van der Waals surface area contributed by atoms with Crippen molar-refractivity contribution in [1.82, 2.24) is 0 Å². The van der Waals surface area contributed by atoms with Crippen LogP contribution in [0.1, 0.15) is 40.5 Å². The Hall–Kier alpha value is -0.450. The van der Waals surface area contributed by atoms with Crippen molar-refractivity contribution >= 4 is 22.6 Å². The first-order valence-corrected chi connectivity index (χ1v) is 6.87. The minimum absolute atomic E-state index is 0.639. The molecule has 1 rings (SSSR count). The summed E-state index contributed by atoms with van der Waals surface area (Å²) in [5, 5.41) is 0. The molecule has 2 nitrogen and oxygen atoms in total. The highest BCUT2D eigenvalue weighted by atomic mass is 127. The van der Waals surface area contributed by atoms with Crippen molar-refractivity contribution in [3.63, 3.8) is 0 Å². The molecule has 0 aliphatic heterocycles. The van der Waals surface area contributed by atoms with E-state index in [4.69, 9.17) is 11.5 Å². The van der Waals surface area contributed by atoms with Crippen molar-refractivity contribution in [2.75, 3.05) is 0 Å². The molecule has 0 amide bonds. The van der Waals surface area contributed by atoms with Gasteiger partial charge in [0, 0.05) is 3.58 Å². The lowest BCUT2D eigenvalue weighted by atomic mass is 9.99. The second kappa shape index (κ2) is 7.76. The molecule has 0 aromatic heterocycles. The minimum Gasteiger partial charge on any atom is -0.397 e. The lowest BCUT2D eigenvalue weighted by Gasteiger charge is -2.07. The van der Waals surface area contributed by atoms with E-state index in [9.17, 15) is 0 Å². The zero-order valence-corrected chi connectivity index (χ0v) is 12.8. The quantitative estimate of drug-likeness (QED) is 0.662. The number of allylic oxidation sites excluding steroid dienone is 4. The molecular weight excluding hydrogens is 311 g/mol. The van der Waals surface area contributed by atoms with Gasteiger partial charge in [-0.25, -0.2) is 0 Å². The summed E-state index contributed by atoms with van der Waals surface area (Å²) in [6, 6.07) is 0. The number of rotatable bonds is 0. The number of halogens is 1. The standard InChI is InChI=1S/C11H17IN2.C2H6/c1-7-3-4-10(13)11(14)9(12)6-8(2)5-7;1-2/h4,6-7H,3,5,13-14H2,1-2H3;1-2H3/b8-6+,10-4-,11-9-;. The van der Waals surface area contributed by atoms with Gasteiger partial charge in [0.15, 0.2) is 0 Å². The number of hydrogen-bond acceptors (Lipinski definition) is 2. The van der Waals surface area contributed by atoms with Crippen molar-refractivity contribution in [3.05, 3.63) is 32.7 Å². The van der Waals surface area contributed by atoms with Gasteiger partial charge in [0.05, 0.1) is 11.4 Å². The summed E-state index contributed by atoms with van der Waals surface area (Å²) in [7, 11) is 0. The lowest BCUT2D eigenvalue weighted by molar-refractivity contribution is 0.585. The third kappa shape index (κ3) is 5.05. The molecular formula is C13H23IN2. The van der Waals surface area contributed by atoms with Gasteiger partial charge in [-0.1, -0.05) is 32.4 Å². The first-order valence-electron chi connectivity index (χ1n) is 5.79. The summed E-state index contributed by atoms with van der Waals surface area (Å²) in [6.07, 6.45) is 6.27. The Morgan fingerprint density at radius 1 is 1.31 bits per heavy atom. The van der Waals surface area contributed by atoms with Gasteiger partial charge in [-0.2, -0.15) is 0 Å². The van der Waals surface area contributed by atoms with Crippen LogP contribution in [0, 0.1) is 5.92 Å². The molecule has 0 radical (unpaired) electrons. The van der Waals surface area contributed by atoms with E-state index in [0.717, 1.165) is 16.4 Å². The zero-order chi connectivity index (χ0) is 12.7. The predicted octanol–water partition coefficient (Wildman–Crippen LogP) is 3.84. The molecule has 0 aromatic rings. The first kappa shape index (κ1) is 15.6. The van der Waals surface area contributed by atoms with E-state index in [2.05, 4.69) is 42.5 Å². The van der Waals surface area contributed by atoms with E-state index < -0.39 is 0 Å². The molecule has 16 heavy (non-hydrogen) atoms. The van der Waals surface area contributed by atoms with Gasteiger partial charge in [-0.05, 0) is 54.4 Å². The summed E-state index contributed by atoms with van der Waals surface area (Å²) in [6.45, 7) is 8.37. The average Bonchev–Trinajstić information content (AvgIpc) is 2.29. The molecule has 1 unspecified atom stereocenters. The molecule has 1 aliphatic carbocycles. The van der Waals surface area contributed by atoms with Crippen LogP contribution in [0.3, 0.4) is 0 Å². The minimum atomic E-state index is 0.639. The second-order valence-corrected chi connectivity index (χ2v) is 5.12. The van der Waals surface area contributed by atoms with Gasteiger partial charge < -0.3 is 11.5 Å². The first-order chi connectivity index (χ1) is 7.50. The fourth-order valence-electron chi connectivity index (χ4n) is 1.56. The van der Waals surface area contributed by atoms with Crippen molar-refractivity contribution < 1.29 is 0 Å². The van der Waals surface area contributed by atoms with Gasteiger partial charge in [0.1, 0.15) is 0 Å². The average molecular weight is 334 g/mol. The second-order valence-electron chi connectivity index (χ2n) is 3.96. The van der Waals surface area contributed by atoms with E-state index in [1.54, 1.807) is 0 Å². The monoisotopic (exact) mass is 334 g/mol. The van der Waals surface area contributed by atoms with Crippen molar-refractivity contribution in [2.24, 2.45) is 17.4 Å². The summed E-state index contributed by atoms with van der Waals surface area (Å²) in [5.41, 5.74) is 14.6. The van der Waals surface area contributed by atoms with Crippen molar-refractivity contribution in [1.29, 1.82) is 0 Å². The molecule has 3 heteroatoms. The molecule has 1 atom stereocenters. The Bertz CT molecular complexity index is 314. The fraction of sp³-hybridized carbons (Fsp3) is 0.538. The molecule has 0 saturated carbocycles. The molecule has 92 valence electrons. The van der Waals surface area contributed by atoms with E-state index >= 15 is 0 Å². The topological polar surface area (TPSA) is 52.0 Å². The van der Waals surface area contributed by atoms with Gasteiger partial charge in [-0.3, -0.25) is 0 Å². The molecule has 1 aliphatic rings. The molecule has 0 bridgehead atoms. The number of nitrogens with two attached hydrogens (primary N) is 2. The molecule has 0 fully saturated rings. The van der Waals surface area contributed by atoms with E-state index in [-0.39, 0.29) is 0 Å². The van der Waals surface area contributed by atoms with Crippen molar-refractivity contribution in [3.8, 4) is 0 Å². The van der Waals surface area contributed by atoms with Crippen LogP contribution in [0.5, 0.6) is 0 Å². The molecule has 0 spiro atoms. The van der Waals surface area contributed by atoms with E-state index in [1.165, 1.54) is 5.57 Å². The highest BCUT2D eigenvalue weighted by Gasteiger charge is 2.08. The van der Waals surface area contributed by atoms with Gasteiger partial charge in [0.2, 0.25) is 0 Å². The van der Waals surface area contributed by atoms with Crippen LogP contribution in [-0.4, -0.2) is 0 Å². The van der Waals surface area contributed by atoms with Crippen LogP contribution in [0.4, 0.5) is 0 Å². The Morgan fingerprint density at radius 2 is 1.88 bits per heavy atom. The highest BCUT2D eigenvalue weighted by molar-refractivity contribution is 14.1. The lowest BCUT2D eigenvalue weighted by Crippen LogP contribution is -2.10. The van der Waals surface area contributed by atoms with Gasteiger partial charge in [-0.15, -0.1) is 0 Å². The van der Waals surface area contributed by atoms with Crippen LogP contribution in [0.2, 0.25) is 0 Å². The Morgan fingerprint density at radius 3 is 2.44 bits per heavy atom. The largest absolute Gasteiger partial charge is 0.397 e. The Kier molecular flexibility index (Phi) is 7.55. The summed E-state index contributed by atoms with van der Waals surface area (Å²) in [4.78, 5) is 0. The SMILES string of the molecule is CC.C\C1=C/C(I)=C(N)\C(N)=C\CC(C)C1. The number of hydrogen-bond donors (Lipinski definition) is 2. The molecule has 0 aromatic carbocycles. The Labute approximate surface area is 113 Å². The molecule has 0 heterocycles. The van der Waals surface area contributed by atoms with Gasteiger partial charge in [0.25, 0.3) is 0 Å². The smallest absolute Gasteiger partial charge is 0.0680 e. The van der Waals surface area contributed by atoms with Crippen LogP contribution in [0.15, 0.2) is 32.7 Å². The van der Waals surface area contributed by atoms with Crippen LogP contribution in [-0.2, 0) is 0 Å². The zero-order valence-electron chi connectivity index (χ0n) is 10.7. The maximum Gasteiger partial charge on any atom is 0.0680 e. The van der Waals surface area contributed by atoms with Crippen LogP contribution >= 0.6 is 22.6 Å². The van der Waals surface area contributed by atoms with E-state index in [1.807, 2.05) is 19.9 Å². The van der Waals surface area contributed by atoms with Crippen molar-refractivity contribution in [2.45, 2.75) is 40.5 Å². The van der Waals surface area contributed by atoms with Crippen LogP contribution in [0.25, 0.3) is 0 Å². The highest BCUT2D eigenvalue weighted by Crippen LogP contribution is 2.24. The predicted molar refractivity (Wildman–Crippen MR) is 81.0 cm³/mol. The third-order valence-corrected chi connectivity index (χ3v) is 3.24.